The van der Waals surface area contributed by atoms with Crippen molar-refractivity contribution in [3.8, 4) is 5.75 Å². The molecule has 4 nitrogen and oxygen atoms in total. The van der Waals surface area contributed by atoms with E-state index in [1.165, 1.54) is 22.9 Å². The van der Waals surface area contributed by atoms with Gasteiger partial charge in [-0.15, -0.1) is 0 Å². The Labute approximate surface area is 131 Å². The van der Waals surface area contributed by atoms with Crippen molar-refractivity contribution >= 4 is 10.9 Å². The molecule has 1 saturated heterocycles. The number of ether oxygens (including phenoxy) is 1. The van der Waals surface area contributed by atoms with Crippen molar-refractivity contribution in [2.75, 3.05) is 20.2 Å². The van der Waals surface area contributed by atoms with E-state index in [0.29, 0.717) is 0 Å². The van der Waals surface area contributed by atoms with Gasteiger partial charge in [0, 0.05) is 23.6 Å². The molecule has 118 valence electrons. The fourth-order valence-electron chi connectivity index (χ4n) is 4.08. The molecule has 2 aromatic rings. The van der Waals surface area contributed by atoms with Gasteiger partial charge in [-0.3, -0.25) is 4.90 Å². The zero-order chi connectivity index (χ0) is 15.2. The summed E-state index contributed by atoms with van der Waals surface area (Å²) in [7, 11) is 1.71. The summed E-state index contributed by atoms with van der Waals surface area (Å²) in [6, 6.07) is 6.18. The molecular weight excluding hydrogens is 276 g/mol. The van der Waals surface area contributed by atoms with Gasteiger partial charge in [0.1, 0.15) is 5.75 Å². The quantitative estimate of drug-likeness (QED) is 0.916. The number of aromatic nitrogens is 1. The Bertz CT molecular complexity index is 671. The molecule has 22 heavy (non-hydrogen) atoms. The van der Waals surface area contributed by atoms with Crippen LogP contribution in [0.1, 0.15) is 31.2 Å². The summed E-state index contributed by atoms with van der Waals surface area (Å²) < 4.78 is 5.34. The van der Waals surface area contributed by atoms with Crippen LogP contribution in [0.4, 0.5) is 0 Å². The number of nitrogens with zero attached hydrogens (tertiary/aromatic N) is 1. The lowest BCUT2D eigenvalue weighted by Crippen LogP contribution is -2.51. The fourth-order valence-corrected chi connectivity index (χ4v) is 4.08. The molecule has 1 atom stereocenters. The summed E-state index contributed by atoms with van der Waals surface area (Å²) >= 11 is 0. The Morgan fingerprint density at radius 2 is 2.14 bits per heavy atom. The lowest BCUT2D eigenvalue weighted by Gasteiger charge is -2.51. The second kappa shape index (κ2) is 5.28. The molecule has 0 amide bonds. The van der Waals surface area contributed by atoms with Crippen LogP contribution in [0.3, 0.4) is 0 Å². The first-order chi connectivity index (χ1) is 10.7. The number of aliphatic hydroxyl groups is 1. The van der Waals surface area contributed by atoms with Crippen molar-refractivity contribution in [3.05, 3.63) is 30.0 Å². The Morgan fingerprint density at radius 1 is 1.32 bits per heavy atom. The second-order valence-corrected chi connectivity index (χ2v) is 6.92. The number of H-pyrrole nitrogens is 1. The van der Waals surface area contributed by atoms with Gasteiger partial charge in [-0.1, -0.05) is 0 Å². The first-order valence-corrected chi connectivity index (χ1v) is 8.25. The summed E-state index contributed by atoms with van der Waals surface area (Å²) in [4.78, 5) is 5.86. The molecule has 2 heterocycles. The minimum Gasteiger partial charge on any atom is -0.497 e. The van der Waals surface area contributed by atoms with Gasteiger partial charge in [0.15, 0.2) is 0 Å². The number of rotatable bonds is 3. The van der Waals surface area contributed by atoms with Crippen molar-refractivity contribution < 1.29 is 9.84 Å². The van der Waals surface area contributed by atoms with E-state index in [1.807, 2.05) is 6.07 Å². The smallest absolute Gasteiger partial charge is 0.119 e. The largest absolute Gasteiger partial charge is 0.497 e. The summed E-state index contributed by atoms with van der Waals surface area (Å²) in [5.41, 5.74) is 2.75. The van der Waals surface area contributed by atoms with Crippen LogP contribution in [0.2, 0.25) is 0 Å². The summed E-state index contributed by atoms with van der Waals surface area (Å²) in [5, 5.41) is 11.3. The monoisotopic (exact) mass is 300 g/mol. The maximum atomic E-state index is 10.0. The van der Waals surface area contributed by atoms with Gasteiger partial charge in [-0.2, -0.15) is 0 Å². The summed E-state index contributed by atoms with van der Waals surface area (Å²) in [6.07, 6.45) is 6.56. The minimum atomic E-state index is -0.0491. The molecule has 1 saturated carbocycles. The van der Waals surface area contributed by atoms with Gasteiger partial charge < -0.3 is 14.8 Å². The topological polar surface area (TPSA) is 48.5 Å². The van der Waals surface area contributed by atoms with Crippen molar-refractivity contribution in [2.45, 2.75) is 38.3 Å². The van der Waals surface area contributed by atoms with E-state index in [1.54, 1.807) is 7.11 Å². The SMILES string of the molecule is COc1ccc2[nH]cc(CN3CCC4(CCC4O)CC3)c2c1. The number of nitrogens with one attached hydrogen (secondary N) is 1. The molecule has 1 aromatic heterocycles. The van der Waals surface area contributed by atoms with Gasteiger partial charge in [-0.25, -0.2) is 0 Å². The molecular formula is C18H24N2O2. The molecule has 0 bridgehead atoms. The molecule has 0 radical (unpaired) electrons. The first kappa shape index (κ1) is 14.1. The number of likely N-dealkylation sites (tertiary alicyclic amines) is 1. The molecule has 1 aromatic carbocycles. The Balaban J connectivity index is 1.48. The van der Waals surface area contributed by atoms with Crippen molar-refractivity contribution in [1.29, 1.82) is 0 Å². The highest BCUT2D eigenvalue weighted by atomic mass is 16.5. The van der Waals surface area contributed by atoms with Crippen molar-refractivity contribution in [2.24, 2.45) is 5.41 Å². The Hall–Kier alpha value is -1.52. The number of methoxy groups -OCH3 is 1. The predicted octanol–water partition coefficient (Wildman–Crippen LogP) is 2.91. The first-order valence-electron chi connectivity index (χ1n) is 8.25. The highest BCUT2D eigenvalue weighted by Gasteiger charge is 2.47. The van der Waals surface area contributed by atoms with Crippen molar-refractivity contribution in [1.82, 2.24) is 9.88 Å². The highest BCUT2D eigenvalue weighted by molar-refractivity contribution is 5.84. The fraction of sp³-hybridized carbons (Fsp3) is 0.556. The van der Waals surface area contributed by atoms with Crippen LogP contribution in [0.5, 0.6) is 5.75 Å². The number of fused-ring (bicyclic) bond motifs is 1. The van der Waals surface area contributed by atoms with E-state index >= 15 is 0 Å². The maximum Gasteiger partial charge on any atom is 0.119 e. The number of benzene rings is 1. The number of piperidine rings is 1. The predicted molar refractivity (Wildman–Crippen MR) is 87.0 cm³/mol. The molecule has 2 fully saturated rings. The van der Waals surface area contributed by atoms with Crippen LogP contribution < -0.4 is 4.74 Å². The van der Waals surface area contributed by atoms with Crippen LogP contribution in [0.15, 0.2) is 24.4 Å². The summed E-state index contributed by atoms with van der Waals surface area (Å²) in [5.74, 6) is 0.906. The van der Waals surface area contributed by atoms with Gasteiger partial charge in [0.05, 0.1) is 13.2 Å². The third kappa shape index (κ3) is 2.22. The zero-order valence-corrected chi connectivity index (χ0v) is 13.1. The molecule has 1 unspecified atom stereocenters. The number of aromatic amines is 1. The molecule has 4 rings (SSSR count). The lowest BCUT2D eigenvalue weighted by atomic mass is 9.61. The van der Waals surface area contributed by atoms with E-state index in [0.717, 1.165) is 44.6 Å². The maximum absolute atomic E-state index is 10.0. The van der Waals surface area contributed by atoms with Crippen molar-refractivity contribution in [3.63, 3.8) is 0 Å². The molecule has 1 aliphatic heterocycles. The highest BCUT2D eigenvalue weighted by Crippen LogP contribution is 2.49. The molecule has 1 spiro atoms. The summed E-state index contributed by atoms with van der Waals surface area (Å²) in [6.45, 7) is 3.15. The van der Waals surface area contributed by atoms with Gasteiger partial charge >= 0.3 is 0 Å². The normalized spacial score (nSPS) is 24.5. The van der Waals surface area contributed by atoms with E-state index in [2.05, 4.69) is 28.2 Å². The Kier molecular flexibility index (Phi) is 3.39. The van der Waals surface area contributed by atoms with Crippen LogP contribution in [-0.2, 0) is 6.54 Å². The second-order valence-electron chi connectivity index (χ2n) is 6.92. The van der Waals surface area contributed by atoms with Crippen LogP contribution in [0.25, 0.3) is 10.9 Å². The molecule has 1 aliphatic carbocycles. The van der Waals surface area contributed by atoms with E-state index < -0.39 is 0 Å². The van der Waals surface area contributed by atoms with Gasteiger partial charge in [-0.05, 0) is 68.0 Å². The van der Waals surface area contributed by atoms with E-state index in [4.69, 9.17) is 4.74 Å². The van der Waals surface area contributed by atoms with Crippen LogP contribution >= 0.6 is 0 Å². The molecule has 2 aliphatic rings. The zero-order valence-electron chi connectivity index (χ0n) is 13.1. The number of aliphatic hydroxyl groups excluding tert-OH is 1. The third-order valence-corrected chi connectivity index (χ3v) is 5.84. The van der Waals surface area contributed by atoms with Gasteiger partial charge in [0.2, 0.25) is 0 Å². The molecule has 2 N–H and O–H groups in total. The van der Waals surface area contributed by atoms with Crippen LogP contribution in [-0.4, -0.2) is 41.3 Å². The van der Waals surface area contributed by atoms with Gasteiger partial charge in [0.25, 0.3) is 0 Å². The Morgan fingerprint density at radius 3 is 2.77 bits per heavy atom. The van der Waals surface area contributed by atoms with E-state index in [9.17, 15) is 5.11 Å². The minimum absolute atomic E-state index is 0.0491. The third-order valence-electron chi connectivity index (χ3n) is 5.84. The average Bonchev–Trinajstić information content (AvgIpc) is 2.96. The standard InChI is InChI=1S/C18H24N2O2/c1-22-14-2-3-16-15(10-14)13(11-19-16)12-20-8-6-18(7-9-20)5-4-17(18)21/h2-3,10-11,17,19,21H,4-9,12H2,1H3. The average molecular weight is 300 g/mol. The number of hydrogen-bond donors (Lipinski definition) is 2. The van der Waals surface area contributed by atoms with E-state index in [-0.39, 0.29) is 11.5 Å². The number of hydrogen-bond acceptors (Lipinski definition) is 3. The lowest BCUT2D eigenvalue weighted by molar-refractivity contribution is -0.100. The molecule has 4 heteroatoms. The van der Waals surface area contributed by atoms with Crippen LogP contribution in [0, 0.1) is 5.41 Å².